The predicted octanol–water partition coefficient (Wildman–Crippen LogP) is 4.14. The smallest absolute Gasteiger partial charge is 0.274 e. The summed E-state index contributed by atoms with van der Waals surface area (Å²) in [5.74, 6) is 0. The van der Waals surface area contributed by atoms with Gasteiger partial charge in [0, 0.05) is 22.2 Å². The van der Waals surface area contributed by atoms with Crippen molar-refractivity contribution in [3.63, 3.8) is 0 Å². The summed E-state index contributed by atoms with van der Waals surface area (Å²) in [6.07, 6.45) is 0. The molecule has 0 aliphatic heterocycles. The molecule has 94 valence electrons. The van der Waals surface area contributed by atoms with E-state index in [0.29, 0.717) is 5.56 Å². The zero-order valence-electron chi connectivity index (χ0n) is 10.2. The van der Waals surface area contributed by atoms with Gasteiger partial charge < -0.3 is 5.32 Å². The number of nitro benzene ring substituents is 1. The molecule has 0 bridgehead atoms. The zero-order chi connectivity index (χ0) is 13.1. The number of hydrogen-bond acceptors (Lipinski definition) is 4. The van der Waals surface area contributed by atoms with Crippen LogP contribution in [-0.4, -0.2) is 4.92 Å². The molecule has 2 aromatic rings. The Hall–Kier alpha value is -1.88. The lowest BCUT2D eigenvalue weighted by atomic mass is 10.1. The van der Waals surface area contributed by atoms with Crippen molar-refractivity contribution in [2.24, 2.45) is 0 Å². The van der Waals surface area contributed by atoms with Crippen LogP contribution >= 0.6 is 11.3 Å². The van der Waals surface area contributed by atoms with Gasteiger partial charge in [0.05, 0.1) is 11.0 Å². The largest absolute Gasteiger partial charge is 0.377 e. The molecule has 1 unspecified atom stereocenters. The molecule has 2 rings (SSSR count). The van der Waals surface area contributed by atoms with E-state index in [0.717, 1.165) is 5.69 Å². The Labute approximate surface area is 109 Å². The van der Waals surface area contributed by atoms with Crippen molar-refractivity contribution in [2.45, 2.75) is 19.9 Å². The maximum atomic E-state index is 10.9. The number of thiophene rings is 1. The Kier molecular flexibility index (Phi) is 3.62. The Morgan fingerprint density at radius 1 is 1.33 bits per heavy atom. The van der Waals surface area contributed by atoms with Crippen molar-refractivity contribution < 1.29 is 4.92 Å². The van der Waals surface area contributed by atoms with Crippen LogP contribution in [0.15, 0.2) is 35.7 Å². The standard InChI is InChI=1S/C13H14N2O2S/c1-9-11(5-3-6-12(9)15(16)17)14-10(2)13-7-4-8-18-13/h3-8,10,14H,1-2H3. The van der Waals surface area contributed by atoms with Gasteiger partial charge in [-0.1, -0.05) is 12.1 Å². The second-order valence-electron chi connectivity index (χ2n) is 4.09. The maximum Gasteiger partial charge on any atom is 0.274 e. The molecule has 1 atom stereocenters. The van der Waals surface area contributed by atoms with E-state index < -0.39 is 0 Å². The minimum Gasteiger partial charge on any atom is -0.377 e. The molecule has 0 amide bonds. The lowest BCUT2D eigenvalue weighted by Crippen LogP contribution is -2.07. The van der Waals surface area contributed by atoms with Gasteiger partial charge >= 0.3 is 0 Å². The molecular weight excluding hydrogens is 248 g/mol. The fourth-order valence-electron chi connectivity index (χ4n) is 1.82. The number of rotatable bonds is 4. The van der Waals surface area contributed by atoms with Gasteiger partial charge in [0.2, 0.25) is 0 Å². The highest BCUT2D eigenvalue weighted by Gasteiger charge is 2.15. The summed E-state index contributed by atoms with van der Waals surface area (Å²) in [6.45, 7) is 3.81. The summed E-state index contributed by atoms with van der Waals surface area (Å²) >= 11 is 1.67. The number of hydrogen-bond donors (Lipinski definition) is 1. The van der Waals surface area contributed by atoms with Crippen molar-refractivity contribution in [2.75, 3.05) is 5.32 Å². The lowest BCUT2D eigenvalue weighted by molar-refractivity contribution is -0.385. The average Bonchev–Trinajstić information content (AvgIpc) is 2.85. The summed E-state index contributed by atoms with van der Waals surface area (Å²) in [7, 11) is 0. The normalized spacial score (nSPS) is 12.1. The summed E-state index contributed by atoms with van der Waals surface area (Å²) in [4.78, 5) is 11.7. The van der Waals surface area contributed by atoms with Crippen molar-refractivity contribution in [1.29, 1.82) is 0 Å². The van der Waals surface area contributed by atoms with Gasteiger partial charge in [-0.15, -0.1) is 11.3 Å². The quantitative estimate of drug-likeness (QED) is 0.665. The fraction of sp³-hybridized carbons (Fsp3) is 0.231. The van der Waals surface area contributed by atoms with Gasteiger partial charge in [0.1, 0.15) is 0 Å². The number of benzene rings is 1. The van der Waals surface area contributed by atoms with E-state index in [1.54, 1.807) is 24.3 Å². The molecule has 18 heavy (non-hydrogen) atoms. The van der Waals surface area contributed by atoms with Crippen LogP contribution < -0.4 is 5.32 Å². The van der Waals surface area contributed by atoms with E-state index in [1.807, 2.05) is 24.4 Å². The molecule has 5 heteroatoms. The van der Waals surface area contributed by atoms with Gasteiger partial charge in [0.15, 0.2) is 0 Å². The second-order valence-corrected chi connectivity index (χ2v) is 5.07. The molecule has 0 saturated heterocycles. The monoisotopic (exact) mass is 262 g/mol. The number of nitrogens with one attached hydrogen (secondary N) is 1. The Bertz CT molecular complexity index is 552. The van der Waals surface area contributed by atoms with E-state index in [1.165, 1.54) is 10.9 Å². The summed E-state index contributed by atoms with van der Waals surface area (Å²) in [6, 6.07) is 9.29. The highest BCUT2D eigenvalue weighted by molar-refractivity contribution is 7.10. The van der Waals surface area contributed by atoms with Crippen LogP contribution in [0.25, 0.3) is 0 Å². The lowest BCUT2D eigenvalue weighted by Gasteiger charge is -2.15. The molecule has 4 nitrogen and oxygen atoms in total. The molecular formula is C13H14N2O2S. The van der Waals surface area contributed by atoms with Crippen molar-refractivity contribution in [3.05, 3.63) is 56.3 Å². The third kappa shape index (κ3) is 2.51. The van der Waals surface area contributed by atoms with Crippen LogP contribution in [0, 0.1) is 17.0 Å². The predicted molar refractivity (Wildman–Crippen MR) is 74.2 cm³/mol. The first kappa shape index (κ1) is 12.6. The summed E-state index contributed by atoms with van der Waals surface area (Å²) < 4.78 is 0. The van der Waals surface area contributed by atoms with Gasteiger partial charge in [-0.2, -0.15) is 0 Å². The highest BCUT2D eigenvalue weighted by atomic mass is 32.1. The zero-order valence-corrected chi connectivity index (χ0v) is 11.0. The molecule has 0 aliphatic carbocycles. The van der Waals surface area contributed by atoms with Gasteiger partial charge in [-0.3, -0.25) is 10.1 Å². The third-order valence-corrected chi connectivity index (χ3v) is 3.90. The molecule has 0 saturated carbocycles. The topological polar surface area (TPSA) is 55.2 Å². The van der Waals surface area contributed by atoms with Gasteiger partial charge in [-0.25, -0.2) is 0 Å². The van der Waals surface area contributed by atoms with Gasteiger partial charge in [-0.05, 0) is 31.4 Å². The SMILES string of the molecule is Cc1c(NC(C)c2cccs2)cccc1[N+](=O)[O-]. The highest BCUT2D eigenvalue weighted by Crippen LogP contribution is 2.29. The van der Waals surface area contributed by atoms with Crippen LogP contribution in [0.2, 0.25) is 0 Å². The minimum absolute atomic E-state index is 0.144. The molecule has 0 fully saturated rings. The molecule has 1 heterocycles. The van der Waals surface area contributed by atoms with E-state index >= 15 is 0 Å². The Balaban J connectivity index is 2.24. The van der Waals surface area contributed by atoms with Crippen molar-refractivity contribution in [3.8, 4) is 0 Å². The first-order valence-corrected chi connectivity index (χ1v) is 6.51. The van der Waals surface area contributed by atoms with E-state index in [4.69, 9.17) is 0 Å². The minimum atomic E-state index is -0.351. The van der Waals surface area contributed by atoms with E-state index in [2.05, 4.69) is 11.4 Å². The van der Waals surface area contributed by atoms with Crippen molar-refractivity contribution in [1.82, 2.24) is 0 Å². The van der Waals surface area contributed by atoms with Crippen LogP contribution in [0.1, 0.15) is 23.4 Å². The van der Waals surface area contributed by atoms with Crippen LogP contribution in [0.3, 0.4) is 0 Å². The molecule has 0 aliphatic rings. The van der Waals surface area contributed by atoms with Crippen LogP contribution in [-0.2, 0) is 0 Å². The number of anilines is 1. The van der Waals surface area contributed by atoms with E-state index in [9.17, 15) is 10.1 Å². The summed E-state index contributed by atoms with van der Waals surface area (Å²) in [5.41, 5.74) is 1.63. The van der Waals surface area contributed by atoms with Crippen LogP contribution in [0.4, 0.5) is 11.4 Å². The molecule has 1 aromatic heterocycles. The van der Waals surface area contributed by atoms with Gasteiger partial charge in [0.25, 0.3) is 5.69 Å². The maximum absolute atomic E-state index is 10.9. The molecule has 0 spiro atoms. The van der Waals surface area contributed by atoms with Crippen molar-refractivity contribution >= 4 is 22.7 Å². The summed E-state index contributed by atoms with van der Waals surface area (Å²) in [5, 5.41) is 16.2. The first-order valence-electron chi connectivity index (χ1n) is 5.63. The Morgan fingerprint density at radius 2 is 2.11 bits per heavy atom. The van der Waals surface area contributed by atoms with Crippen LogP contribution in [0.5, 0.6) is 0 Å². The third-order valence-electron chi connectivity index (χ3n) is 2.84. The number of nitro groups is 1. The Morgan fingerprint density at radius 3 is 2.72 bits per heavy atom. The molecule has 1 N–H and O–H groups in total. The van der Waals surface area contributed by atoms with E-state index in [-0.39, 0.29) is 16.7 Å². The second kappa shape index (κ2) is 5.18. The fourth-order valence-corrected chi connectivity index (χ4v) is 2.55. The number of nitrogens with zero attached hydrogens (tertiary/aromatic N) is 1. The average molecular weight is 262 g/mol. The first-order chi connectivity index (χ1) is 8.59. The molecule has 1 aromatic carbocycles. The molecule has 0 radical (unpaired) electrons.